The molecule has 3 N–H and O–H groups in total. The van der Waals surface area contributed by atoms with Gasteiger partial charge in [-0.15, -0.1) is 0 Å². The van der Waals surface area contributed by atoms with Gasteiger partial charge in [0.1, 0.15) is 29.8 Å². The summed E-state index contributed by atoms with van der Waals surface area (Å²) in [4.78, 5) is 31.8. The number of aliphatic hydroxyl groups is 1. The maximum absolute atomic E-state index is 10.9. The Kier molecular flexibility index (Phi) is 31.6. The van der Waals surface area contributed by atoms with E-state index in [2.05, 4.69) is 20.8 Å². The van der Waals surface area contributed by atoms with E-state index in [1.54, 1.807) is 43.3 Å². The Morgan fingerprint density at radius 2 is 0.878 bits per heavy atom. The highest BCUT2D eigenvalue weighted by Crippen LogP contribution is 2.33. The molecular formula is C60H92O14. The quantitative estimate of drug-likeness (QED) is 0.0379. The molecule has 14 nitrogen and oxygen atoms in total. The van der Waals surface area contributed by atoms with Crippen LogP contribution in [0.5, 0.6) is 17.2 Å². The smallest absolute Gasteiger partial charge is 0.335 e. The third-order valence-electron chi connectivity index (χ3n) is 14.1. The van der Waals surface area contributed by atoms with Gasteiger partial charge in [0.15, 0.2) is 0 Å². The van der Waals surface area contributed by atoms with Crippen molar-refractivity contribution in [2.75, 3.05) is 99.1 Å². The van der Waals surface area contributed by atoms with E-state index in [1.807, 2.05) is 26.0 Å². The number of carbonyl (C=O) groups excluding carboxylic acids is 2. The van der Waals surface area contributed by atoms with Crippen LogP contribution in [0.4, 0.5) is 0 Å². The highest BCUT2D eigenvalue weighted by molar-refractivity contribution is 5.88. The molecule has 0 unspecified atom stereocenters. The zero-order valence-electron chi connectivity index (χ0n) is 45.9. The van der Waals surface area contributed by atoms with Gasteiger partial charge in [-0.05, 0) is 163 Å². The Labute approximate surface area is 443 Å². The van der Waals surface area contributed by atoms with Gasteiger partial charge >= 0.3 is 5.97 Å². The molecule has 3 heterocycles. The molecule has 3 aromatic rings. The zero-order valence-corrected chi connectivity index (χ0v) is 45.9. The molecular weight excluding hydrogens is 945 g/mol. The van der Waals surface area contributed by atoms with Crippen LogP contribution in [0.2, 0.25) is 0 Å². The number of aliphatic hydroxyl groups excluding tert-OH is 1. The average Bonchev–Trinajstić information content (AvgIpc) is 3.36. The fourth-order valence-electron chi connectivity index (χ4n) is 8.16. The first kappa shape index (κ1) is 63.9. The van der Waals surface area contributed by atoms with Crippen molar-refractivity contribution in [1.82, 2.24) is 0 Å². The van der Waals surface area contributed by atoms with E-state index in [9.17, 15) is 14.4 Å². The lowest BCUT2D eigenvalue weighted by Gasteiger charge is -2.40. The predicted molar refractivity (Wildman–Crippen MR) is 290 cm³/mol. The number of rotatable bonds is 34. The number of unbranched alkanes of at least 4 members (excludes halogenated alkanes) is 9. The maximum atomic E-state index is 10.9. The van der Waals surface area contributed by atoms with Crippen molar-refractivity contribution in [3.63, 3.8) is 0 Å². The van der Waals surface area contributed by atoms with Crippen LogP contribution in [0.15, 0.2) is 54.6 Å². The molecule has 3 saturated heterocycles. The molecule has 416 valence electrons. The predicted octanol–water partition coefficient (Wildman–Crippen LogP) is 11.8. The topological polar surface area (TPSA) is 186 Å². The molecule has 3 aromatic carbocycles. The molecule has 0 spiro atoms. The second kappa shape index (κ2) is 36.6. The van der Waals surface area contributed by atoms with Gasteiger partial charge in [-0.2, -0.15) is 0 Å². The summed E-state index contributed by atoms with van der Waals surface area (Å²) < 4.78 is 44.6. The second-order valence-corrected chi connectivity index (χ2v) is 20.5. The second-order valence-electron chi connectivity index (χ2n) is 20.5. The molecule has 6 rings (SSSR count). The van der Waals surface area contributed by atoms with Crippen LogP contribution >= 0.6 is 0 Å². The number of aromatic hydroxyl groups is 1. The normalized spacial score (nSPS) is 15.4. The summed E-state index contributed by atoms with van der Waals surface area (Å²) in [6, 6.07) is 15.2. The summed E-state index contributed by atoms with van der Waals surface area (Å²) in [7, 11) is 0. The highest BCUT2D eigenvalue weighted by atomic mass is 16.5. The lowest BCUT2D eigenvalue weighted by atomic mass is 9.84. The van der Waals surface area contributed by atoms with Gasteiger partial charge in [-0.3, -0.25) is 9.59 Å². The first-order chi connectivity index (χ1) is 35.8. The number of phenols is 1. The van der Waals surface area contributed by atoms with Crippen LogP contribution < -0.4 is 9.47 Å². The van der Waals surface area contributed by atoms with Crippen molar-refractivity contribution < 1.29 is 67.6 Å². The molecule has 0 saturated carbocycles. The summed E-state index contributed by atoms with van der Waals surface area (Å²) in [5, 5.41) is 26.6. The van der Waals surface area contributed by atoms with E-state index in [0.717, 1.165) is 217 Å². The third-order valence-corrected chi connectivity index (χ3v) is 14.1. The number of hydrogen-bond donors (Lipinski definition) is 3. The van der Waals surface area contributed by atoms with E-state index in [-0.39, 0.29) is 11.2 Å². The number of carboxylic acids is 1. The van der Waals surface area contributed by atoms with Crippen LogP contribution in [-0.2, 0) is 28.4 Å². The standard InChI is InChI=1S/C20H30O5.C20H30O4.C12H24O3.C8H8O2/c1-3-20(14-24-15-20)13-23-10-6-4-5-7-11-25-18-9-8-17(19(21)22)12-16(18)2;1-3-20(15-23-16-20)14-22-10-6-4-5-7-11-24-19-9-8-18(13-21)12-17(19)2;1-2-12(10-15-11-12)9-14-8-6-4-3-5-7-13;1-6-4-7(5-9)2-3-8(6)10/h8-9,12H,3-7,10-11,13-15H2,1-2H3,(H,21,22);8-9,12-13H,3-7,10-11,14-16H2,1-2H3;13H,2-11H2,1H3;2-5,10H,1H3. The van der Waals surface area contributed by atoms with E-state index >= 15 is 0 Å². The SMILES string of the molecule is CCC1(COCCCCCCO)COC1.CCC1(COCCCCCCOc2ccc(C(=O)O)cc2C)COC1.CCC1(COCCCCCCOc2ccc(C=O)cc2C)COC1.Cc1cc(C=O)ccc1O. The van der Waals surface area contributed by atoms with Crippen LogP contribution in [0.1, 0.15) is 165 Å². The largest absolute Gasteiger partial charge is 0.508 e. The van der Waals surface area contributed by atoms with E-state index < -0.39 is 5.97 Å². The molecule has 74 heavy (non-hydrogen) atoms. The molecule has 3 aliphatic rings. The Balaban J connectivity index is 0.000000274. The molecule has 0 aliphatic carbocycles. The zero-order chi connectivity index (χ0) is 53.9. The molecule has 0 atom stereocenters. The van der Waals surface area contributed by atoms with Gasteiger partial charge in [0.05, 0.1) is 78.2 Å². The molecule has 3 aliphatic heterocycles. The molecule has 0 bridgehead atoms. The van der Waals surface area contributed by atoms with Crippen molar-refractivity contribution in [3.05, 3.63) is 88.0 Å². The molecule has 0 radical (unpaired) electrons. The maximum Gasteiger partial charge on any atom is 0.335 e. The number of phenolic OH excluding ortho intramolecular Hbond substituents is 1. The summed E-state index contributed by atoms with van der Waals surface area (Å²) in [6.45, 7) is 24.0. The fraction of sp³-hybridized carbons (Fsp3) is 0.650. The summed E-state index contributed by atoms with van der Waals surface area (Å²) >= 11 is 0. The van der Waals surface area contributed by atoms with Gasteiger partial charge in [0, 0.05) is 53.8 Å². The number of ether oxygens (including phenoxy) is 8. The van der Waals surface area contributed by atoms with Crippen molar-refractivity contribution in [2.45, 2.75) is 138 Å². The van der Waals surface area contributed by atoms with E-state index in [0.29, 0.717) is 40.7 Å². The molecule has 0 aromatic heterocycles. The Morgan fingerprint density at radius 3 is 1.20 bits per heavy atom. The minimum absolute atomic E-state index is 0.227. The summed E-state index contributed by atoms with van der Waals surface area (Å²) in [5.41, 5.74) is 5.08. The van der Waals surface area contributed by atoms with Crippen LogP contribution in [-0.4, -0.2) is 133 Å². The Hall–Kier alpha value is -4.41. The number of carboxylic acid groups (broad SMARTS) is 1. The Bertz CT molecular complexity index is 1990. The Morgan fingerprint density at radius 1 is 0.514 bits per heavy atom. The van der Waals surface area contributed by atoms with Crippen molar-refractivity contribution in [1.29, 1.82) is 0 Å². The number of aromatic carboxylic acids is 1. The average molecular weight is 1040 g/mol. The minimum Gasteiger partial charge on any atom is -0.508 e. The lowest BCUT2D eigenvalue weighted by Crippen LogP contribution is -2.45. The minimum atomic E-state index is -0.911. The van der Waals surface area contributed by atoms with Gasteiger partial charge in [0.2, 0.25) is 0 Å². The third kappa shape index (κ3) is 24.1. The lowest BCUT2D eigenvalue weighted by molar-refractivity contribution is -0.150. The van der Waals surface area contributed by atoms with E-state index in [1.165, 1.54) is 12.5 Å². The number of carbonyl (C=O) groups is 3. The van der Waals surface area contributed by atoms with Crippen LogP contribution in [0, 0.1) is 37.0 Å². The van der Waals surface area contributed by atoms with Crippen LogP contribution in [0.3, 0.4) is 0 Å². The number of benzene rings is 3. The first-order valence-corrected chi connectivity index (χ1v) is 27.3. The first-order valence-electron chi connectivity index (χ1n) is 27.3. The molecule has 14 heteroatoms. The monoisotopic (exact) mass is 1040 g/mol. The highest BCUT2D eigenvalue weighted by Gasteiger charge is 2.38. The fourth-order valence-corrected chi connectivity index (χ4v) is 8.16. The number of aryl methyl sites for hydroxylation is 3. The number of hydrogen-bond acceptors (Lipinski definition) is 13. The van der Waals surface area contributed by atoms with Crippen LogP contribution in [0.25, 0.3) is 0 Å². The van der Waals surface area contributed by atoms with Gasteiger partial charge in [0.25, 0.3) is 0 Å². The molecule has 3 fully saturated rings. The number of aldehydes is 2. The summed E-state index contributed by atoms with van der Waals surface area (Å²) in [6.07, 6.45) is 18.1. The van der Waals surface area contributed by atoms with Crippen molar-refractivity contribution in [3.8, 4) is 17.2 Å². The summed E-state index contributed by atoms with van der Waals surface area (Å²) in [5.74, 6) is 0.953. The van der Waals surface area contributed by atoms with Crippen molar-refractivity contribution in [2.24, 2.45) is 16.2 Å². The molecule has 0 amide bonds. The van der Waals surface area contributed by atoms with Crippen molar-refractivity contribution >= 4 is 18.5 Å². The van der Waals surface area contributed by atoms with Gasteiger partial charge in [-0.25, -0.2) is 4.79 Å². The van der Waals surface area contributed by atoms with Gasteiger partial charge in [-0.1, -0.05) is 46.5 Å². The van der Waals surface area contributed by atoms with Gasteiger partial charge < -0.3 is 53.2 Å². The van der Waals surface area contributed by atoms with E-state index in [4.69, 9.17) is 53.2 Å².